The Hall–Kier alpha value is -3.43. The van der Waals surface area contributed by atoms with E-state index in [1.807, 2.05) is 24.3 Å². The van der Waals surface area contributed by atoms with Gasteiger partial charge in [-0.15, -0.1) is 0 Å². The van der Waals surface area contributed by atoms with Gasteiger partial charge in [0.15, 0.2) is 11.5 Å². The van der Waals surface area contributed by atoms with Gasteiger partial charge in [0.05, 0.1) is 12.8 Å². The van der Waals surface area contributed by atoms with E-state index in [4.69, 9.17) is 9.47 Å². The molecule has 0 bridgehead atoms. The highest BCUT2D eigenvalue weighted by molar-refractivity contribution is 9.10. The maximum Gasteiger partial charge on any atom is 0.335 e. The Balaban J connectivity index is 1.60. The lowest BCUT2D eigenvalue weighted by Gasteiger charge is -2.26. The molecule has 3 aromatic carbocycles. The summed E-state index contributed by atoms with van der Waals surface area (Å²) in [5.74, 6) is -0.543. The summed E-state index contributed by atoms with van der Waals surface area (Å²) in [7, 11) is 1.50. The van der Waals surface area contributed by atoms with E-state index in [9.17, 15) is 14.4 Å². The van der Waals surface area contributed by atoms with E-state index in [1.54, 1.807) is 42.5 Å². The summed E-state index contributed by atoms with van der Waals surface area (Å²) in [5, 5.41) is 2.21. The molecular weight excluding hydrogens is 568 g/mol. The van der Waals surface area contributed by atoms with Crippen LogP contribution in [0.5, 0.6) is 11.5 Å². The predicted molar refractivity (Wildman–Crippen MR) is 135 cm³/mol. The first-order valence-corrected chi connectivity index (χ1v) is 11.7. The van der Waals surface area contributed by atoms with E-state index >= 15 is 0 Å². The summed E-state index contributed by atoms with van der Waals surface area (Å²) >= 11 is 6.81. The van der Waals surface area contributed by atoms with Crippen LogP contribution < -0.4 is 19.7 Å². The van der Waals surface area contributed by atoms with Crippen LogP contribution in [0.3, 0.4) is 0 Å². The van der Waals surface area contributed by atoms with E-state index in [1.165, 1.54) is 13.2 Å². The summed E-state index contributed by atoms with van der Waals surface area (Å²) in [5.41, 5.74) is 1.68. The average Bonchev–Trinajstić information content (AvgIpc) is 2.82. The summed E-state index contributed by atoms with van der Waals surface area (Å²) in [4.78, 5) is 38.8. The monoisotopic (exact) mass is 584 g/mol. The molecule has 1 aliphatic heterocycles. The molecule has 172 valence electrons. The number of hydrogen-bond donors (Lipinski definition) is 1. The number of barbiturate groups is 1. The molecule has 34 heavy (non-hydrogen) atoms. The van der Waals surface area contributed by atoms with E-state index < -0.39 is 17.8 Å². The van der Waals surface area contributed by atoms with Crippen LogP contribution >= 0.6 is 31.9 Å². The number of nitrogens with zero attached hydrogens (tertiary/aromatic N) is 1. The molecule has 7 nitrogen and oxygen atoms in total. The summed E-state index contributed by atoms with van der Waals surface area (Å²) < 4.78 is 13.1. The number of carbonyl (C=O) groups is 3. The maximum absolute atomic E-state index is 13.1. The first-order chi connectivity index (χ1) is 16.4. The van der Waals surface area contributed by atoms with Crippen LogP contribution in [0.4, 0.5) is 10.5 Å². The molecule has 1 aliphatic rings. The second kappa shape index (κ2) is 10.2. The van der Waals surface area contributed by atoms with Gasteiger partial charge in [0.2, 0.25) is 0 Å². The molecule has 1 heterocycles. The summed E-state index contributed by atoms with van der Waals surface area (Å²) in [6, 6.07) is 18.6. The lowest BCUT2D eigenvalue weighted by Crippen LogP contribution is -2.54. The normalized spacial score (nSPS) is 14.9. The third-order valence-corrected chi connectivity index (χ3v) is 6.33. The fourth-order valence-electron chi connectivity index (χ4n) is 3.31. The third kappa shape index (κ3) is 5.05. The van der Waals surface area contributed by atoms with Gasteiger partial charge in [-0.2, -0.15) is 0 Å². The second-order valence-electron chi connectivity index (χ2n) is 7.22. The molecule has 0 aromatic heterocycles. The highest BCUT2D eigenvalue weighted by Gasteiger charge is 2.36. The van der Waals surface area contributed by atoms with E-state index in [-0.39, 0.29) is 5.57 Å². The minimum atomic E-state index is -0.803. The second-order valence-corrected chi connectivity index (χ2v) is 8.99. The van der Waals surface area contributed by atoms with Crippen molar-refractivity contribution in [1.82, 2.24) is 5.32 Å². The van der Waals surface area contributed by atoms with Gasteiger partial charge >= 0.3 is 6.03 Å². The number of hydrogen-bond acceptors (Lipinski definition) is 5. The Morgan fingerprint density at radius 3 is 2.38 bits per heavy atom. The molecule has 0 radical (unpaired) electrons. The van der Waals surface area contributed by atoms with Gasteiger partial charge in [-0.05, 0) is 54.1 Å². The summed E-state index contributed by atoms with van der Waals surface area (Å²) in [6.45, 7) is 0.323. The zero-order chi connectivity index (χ0) is 24.2. The molecule has 0 unspecified atom stereocenters. The van der Waals surface area contributed by atoms with Gasteiger partial charge in [-0.1, -0.05) is 56.1 Å². The van der Waals surface area contributed by atoms with E-state index in [2.05, 4.69) is 37.2 Å². The molecule has 4 rings (SSSR count). The molecule has 1 N–H and O–H groups in total. The number of carbonyl (C=O) groups excluding carboxylic acids is 3. The Morgan fingerprint density at radius 2 is 1.68 bits per heavy atom. The van der Waals surface area contributed by atoms with Crippen molar-refractivity contribution in [2.75, 3.05) is 12.0 Å². The average molecular weight is 586 g/mol. The largest absolute Gasteiger partial charge is 0.493 e. The Labute approximate surface area is 212 Å². The number of rotatable bonds is 6. The van der Waals surface area contributed by atoms with Gasteiger partial charge in [0.1, 0.15) is 12.2 Å². The molecule has 3 aromatic rings. The van der Waals surface area contributed by atoms with Gasteiger partial charge in [0.25, 0.3) is 11.8 Å². The van der Waals surface area contributed by atoms with Crippen LogP contribution in [0.25, 0.3) is 6.08 Å². The lowest BCUT2D eigenvalue weighted by atomic mass is 10.1. The van der Waals surface area contributed by atoms with Crippen LogP contribution in [-0.4, -0.2) is 25.0 Å². The Morgan fingerprint density at radius 1 is 0.941 bits per heavy atom. The van der Waals surface area contributed by atoms with Gasteiger partial charge in [-0.3, -0.25) is 14.9 Å². The Kier molecular flexibility index (Phi) is 7.14. The summed E-state index contributed by atoms with van der Waals surface area (Å²) in [6.07, 6.45) is 1.41. The predicted octanol–water partition coefficient (Wildman–Crippen LogP) is 5.47. The molecule has 0 saturated carbocycles. The number of benzene rings is 3. The Bertz CT molecular complexity index is 1300. The number of anilines is 1. The van der Waals surface area contributed by atoms with Crippen molar-refractivity contribution in [3.05, 3.63) is 92.4 Å². The first-order valence-electron chi connectivity index (χ1n) is 10.1. The number of halogens is 2. The van der Waals surface area contributed by atoms with Gasteiger partial charge in [-0.25, -0.2) is 9.69 Å². The third-order valence-electron chi connectivity index (χ3n) is 5.03. The van der Waals surface area contributed by atoms with E-state index in [0.717, 1.165) is 19.4 Å². The SMILES string of the molecule is COc1cc(/C=C2\C(=O)NC(=O)N(c3ccc(Br)cc3)C2=O)ccc1OCc1ccccc1Br. The molecule has 0 spiro atoms. The zero-order valence-corrected chi connectivity index (χ0v) is 21.1. The van der Waals surface area contributed by atoms with Crippen LogP contribution in [0.15, 0.2) is 81.2 Å². The van der Waals surface area contributed by atoms with Crippen LogP contribution in [-0.2, 0) is 16.2 Å². The molecule has 4 amide bonds. The number of amides is 4. The van der Waals surface area contributed by atoms with Crippen molar-refractivity contribution in [1.29, 1.82) is 0 Å². The molecule has 0 atom stereocenters. The topological polar surface area (TPSA) is 84.9 Å². The van der Waals surface area contributed by atoms with Crippen LogP contribution in [0.2, 0.25) is 0 Å². The van der Waals surface area contributed by atoms with Crippen molar-refractivity contribution in [2.45, 2.75) is 6.61 Å². The van der Waals surface area contributed by atoms with Crippen LogP contribution in [0.1, 0.15) is 11.1 Å². The molecular formula is C25H18Br2N2O5. The maximum atomic E-state index is 13.1. The van der Waals surface area contributed by atoms with Crippen molar-refractivity contribution >= 4 is 61.5 Å². The highest BCUT2D eigenvalue weighted by atomic mass is 79.9. The minimum absolute atomic E-state index is 0.175. The standard InChI is InChI=1S/C25H18Br2N2O5/c1-33-22-13-15(6-11-21(22)34-14-16-4-2-3-5-20(16)27)12-19-23(30)28-25(32)29(24(19)31)18-9-7-17(26)8-10-18/h2-13H,14H2,1H3,(H,28,30,32)/b19-12+. The molecule has 1 saturated heterocycles. The van der Waals surface area contributed by atoms with Crippen molar-refractivity contribution in [2.24, 2.45) is 0 Å². The zero-order valence-electron chi connectivity index (χ0n) is 17.9. The minimum Gasteiger partial charge on any atom is -0.493 e. The number of imide groups is 2. The van der Waals surface area contributed by atoms with Crippen molar-refractivity contribution in [3.63, 3.8) is 0 Å². The number of methoxy groups -OCH3 is 1. The fourth-order valence-corrected chi connectivity index (χ4v) is 3.98. The quantitative estimate of drug-likeness (QED) is 0.306. The van der Waals surface area contributed by atoms with Crippen molar-refractivity contribution in [3.8, 4) is 11.5 Å². The van der Waals surface area contributed by atoms with Crippen molar-refractivity contribution < 1.29 is 23.9 Å². The van der Waals surface area contributed by atoms with Crippen LogP contribution in [0, 0.1) is 0 Å². The molecule has 0 aliphatic carbocycles. The fraction of sp³-hybridized carbons (Fsp3) is 0.0800. The molecule has 9 heteroatoms. The number of ether oxygens (including phenoxy) is 2. The van der Waals surface area contributed by atoms with E-state index in [0.29, 0.717) is 29.4 Å². The first kappa shape index (κ1) is 23.7. The molecule has 1 fully saturated rings. The van der Waals surface area contributed by atoms with Gasteiger partial charge < -0.3 is 9.47 Å². The van der Waals surface area contributed by atoms with Gasteiger partial charge in [0, 0.05) is 14.5 Å². The highest BCUT2D eigenvalue weighted by Crippen LogP contribution is 2.31. The number of urea groups is 1. The number of nitrogens with one attached hydrogen (secondary N) is 1. The smallest absolute Gasteiger partial charge is 0.335 e. The lowest BCUT2D eigenvalue weighted by molar-refractivity contribution is -0.122.